The largest absolute Gasteiger partial charge is 0.373 e. The van der Waals surface area contributed by atoms with Crippen LogP contribution in [0.5, 0.6) is 0 Å². The van der Waals surface area contributed by atoms with E-state index < -0.39 is 0 Å². The van der Waals surface area contributed by atoms with Crippen molar-refractivity contribution in [3.63, 3.8) is 0 Å². The van der Waals surface area contributed by atoms with Gasteiger partial charge in [-0.15, -0.1) is 11.3 Å². The number of aromatic nitrogens is 2. The molecule has 0 radical (unpaired) electrons. The first kappa shape index (κ1) is 14.9. The summed E-state index contributed by atoms with van der Waals surface area (Å²) >= 11 is 1.68. The Bertz CT molecular complexity index is 684. The van der Waals surface area contributed by atoms with Gasteiger partial charge >= 0.3 is 0 Å². The second-order valence-electron chi connectivity index (χ2n) is 6.11. The predicted molar refractivity (Wildman–Crippen MR) is 87.5 cm³/mol. The fourth-order valence-electron chi connectivity index (χ4n) is 3.45. The molecule has 2 aromatic rings. The van der Waals surface area contributed by atoms with Crippen LogP contribution in [-0.2, 0) is 11.3 Å². The standard InChI is InChI=1S/C16H20N4O2S/c1-11-18-13(10-23-11)7-19-4-5-22-15-9-20(8-14(15)19)16(21)12-2-3-17-6-12/h2-3,6,10,14-15,17H,4-5,7-9H2,1H3/t14-,15+/m1/s1. The van der Waals surface area contributed by atoms with Crippen molar-refractivity contribution in [1.82, 2.24) is 19.8 Å². The van der Waals surface area contributed by atoms with Gasteiger partial charge in [-0.1, -0.05) is 0 Å². The molecule has 6 nitrogen and oxygen atoms in total. The number of nitrogens with zero attached hydrogens (tertiary/aromatic N) is 3. The number of amides is 1. The molecule has 0 spiro atoms. The number of fused-ring (bicyclic) bond motifs is 1. The number of morpholine rings is 1. The third kappa shape index (κ3) is 2.91. The molecule has 0 unspecified atom stereocenters. The maximum absolute atomic E-state index is 12.5. The normalized spacial score (nSPS) is 24.8. The highest BCUT2D eigenvalue weighted by atomic mass is 32.1. The number of carbonyl (C=O) groups is 1. The molecule has 2 fully saturated rings. The van der Waals surface area contributed by atoms with Gasteiger partial charge in [-0.3, -0.25) is 9.69 Å². The van der Waals surface area contributed by atoms with Gasteiger partial charge in [0.15, 0.2) is 0 Å². The summed E-state index contributed by atoms with van der Waals surface area (Å²) in [4.78, 5) is 24.4. The Labute approximate surface area is 139 Å². The van der Waals surface area contributed by atoms with Gasteiger partial charge in [-0.25, -0.2) is 4.98 Å². The van der Waals surface area contributed by atoms with Crippen LogP contribution in [0.2, 0.25) is 0 Å². The van der Waals surface area contributed by atoms with E-state index in [4.69, 9.17) is 4.74 Å². The summed E-state index contributed by atoms with van der Waals surface area (Å²) in [6.45, 7) is 5.86. The van der Waals surface area contributed by atoms with Crippen molar-refractivity contribution in [3.05, 3.63) is 40.1 Å². The van der Waals surface area contributed by atoms with E-state index in [1.165, 1.54) is 0 Å². The van der Waals surface area contributed by atoms with E-state index in [0.717, 1.165) is 36.9 Å². The Morgan fingerprint density at radius 2 is 2.43 bits per heavy atom. The zero-order valence-electron chi connectivity index (χ0n) is 13.1. The van der Waals surface area contributed by atoms with Crippen LogP contribution in [0.25, 0.3) is 0 Å². The average Bonchev–Trinajstić information content (AvgIpc) is 3.26. The molecule has 2 saturated heterocycles. The highest BCUT2D eigenvalue weighted by molar-refractivity contribution is 7.09. The lowest BCUT2D eigenvalue weighted by atomic mass is 10.1. The van der Waals surface area contributed by atoms with Crippen LogP contribution < -0.4 is 0 Å². The van der Waals surface area contributed by atoms with E-state index in [2.05, 4.69) is 20.2 Å². The summed E-state index contributed by atoms with van der Waals surface area (Å²) in [6, 6.07) is 2.08. The predicted octanol–water partition coefficient (Wildman–Crippen LogP) is 1.51. The van der Waals surface area contributed by atoms with Crippen molar-refractivity contribution in [2.75, 3.05) is 26.2 Å². The number of H-pyrrole nitrogens is 1. The minimum Gasteiger partial charge on any atom is -0.373 e. The van der Waals surface area contributed by atoms with E-state index >= 15 is 0 Å². The van der Waals surface area contributed by atoms with Gasteiger partial charge in [-0.2, -0.15) is 0 Å². The number of aromatic amines is 1. The number of ether oxygens (including phenoxy) is 1. The summed E-state index contributed by atoms with van der Waals surface area (Å²) in [7, 11) is 0. The van der Waals surface area contributed by atoms with Gasteiger partial charge in [-0.05, 0) is 13.0 Å². The fourth-order valence-corrected chi connectivity index (χ4v) is 4.05. The molecule has 0 aromatic carbocycles. The Hall–Kier alpha value is -1.70. The zero-order valence-corrected chi connectivity index (χ0v) is 13.9. The molecule has 2 aromatic heterocycles. The van der Waals surface area contributed by atoms with Crippen LogP contribution in [0.15, 0.2) is 23.8 Å². The number of rotatable bonds is 3. The van der Waals surface area contributed by atoms with E-state index in [1.54, 1.807) is 23.7 Å². The van der Waals surface area contributed by atoms with E-state index in [9.17, 15) is 4.79 Å². The second-order valence-corrected chi connectivity index (χ2v) is 7.18. The van der Waals surface area contributed by atoms with Crippen LogP contribution >= 0.6 is 11.3 Å². The average molecular weight is 332 g/mol. The quantitative estimate of drug-likeness (QED) is 0.925. The molecule has 7 heteroatoms. The smallest absolute Gasteiger partial charge is 0.255 e. The van der Waals surface area contributed by atoms with Gasteiger partial charge in [0.2, 0.25) is 0 Å². The summed E-state index contributed by atoms with van der Waals surface area (Å²) in [5.74, 6) is 0.0775. The number of hydrogen-bond acceptors (Lipinski definition) is 5. The molecule has 0 aliphatic carbocycles. The number of carbonyl (C=O) groups excluding carboxylic acids is 1. The topological polar surface area (TPSA) is 61.5 Å². The molecule has 1 amide bonds. The van der Waals surface area contributed by atoms with Crippen LogP contribution in [0.3, 0.4) is 0 Å². The van der Waals surface area contributed by atoms with E-state index in [0.29, 0.717) is 12.1 Å². The van der Waals surface area contributed by atoms with Crippen molar-refractivity contribution in [2.24, 2.45) is 0 Å². The van der Waals surface area contributed by atoms with Crippen molar-refractivity contribution in [3.8, 4) is 0 Å². The van der Waals surface area contributed by atoms with Crippen molar-refractivity contribution in [1.29, 1.82) is 0 Å². The SMILES string of the molecule is Cc1nc(CN2CCO[C@H]3CN(C(=O)c4cc[nH]c4)C[C@H]32)cs1. The molecule has 23 heavy (non-hydrogen) atoms. The van der Waals surface area contributed by atoms with Crippen LogP contribution in [0, 0.1) is 6.92 Å². The van der Waals surface area contributed by atoms with Crippen molar-refractivity contribution in [2.45, 2.75) is 25.6 Å². The molecule has 0 saturated carbocycles. The molecule has 4 heterocycles. The Balaban J connectivity index is 1.47. The molecule has 2 aliphatic heterocycles. The number of likely N-dealkylation sites (tertiary alicyclic amines) is 1. The molecular formula is C16H20N4O2S. The number of hydrogen-bond donors (Lipinski definition) is 1. The maximum atomic E-state index is 12.5. The summed E-state index contributed by atoms with van der Waals surface area (Å²) in [6.07, 6.45) is 3.64. The second kappa shape index (κ2) is 6.07. The number of nitrogens with one attached hydrogen (secondary N) is 1. The van der Waals surface area contributed by atoms with E-state index in [1.807, 2.05) is 17.9 Å². The zero-order chi connectivity index (χ0) is 15.8. The maximum Gasteiger partial charge on any atom is 0.255 e. The first-order valence-electron chi connectivity index (χ1n) is 7.89. The number of aryl methyl sites for hydroxylation is 1. The van der Waals surface area contributed by atoms with E-state index in [-0.39, 0.29) is 18.1 Å². The first-order chi connectivity index (χ1) is 11.2. The minimum absolute atomic E-state index is 0.0775. The van der Waals surface area contributed by atoms with Crippen LogP contribution in [0.4, 0.5) is 0 Å². The van der Waals surface area contributed by atoms with Gasteiger partial charge in [0.1, 0.15) is 0 Å². The Morgan fingerprint density at radius 1 is 1.52 bits per heavy atom. The first-order valence-corrected chi connectivity index (χ1v) is 8.77. The van der Waals surface area contributed by atoms with Gasteiger partial charge in [0, 0.05) is 44.0 Å². The molecule has 2 atom stereocenters. The molecule has 122 valence electrons. The number of thiazole rings is 1. The summed E-state index contributed by atoms with van der Waals surface area (Å²) in [5.41, 5.74) is 1.83. The third-order valence-corrected chi connectivity index (χ3v) is 5.40. The van der Waals surface area contributed by atoms with Crippen molar-refractivity contribution < 1.29 is 9.53 Å². The van der Waals surface area contributed by atoms with Crippen LogP contribution in [0.1, 0.15) is 21.1 Å². The minimum atomic E-state index is 0.0775. The molecule has 0 bridgehead atoms. The van der Waals surface area contributed by atoms with Gasteiger partial charge in [0.05, 0.1) is 35.0 Å². The van der Waals surface area contributed by atoms with Gasteiger partial charge < -0.3 is 14.6 Å². The third-order valence-electron chi connectivity index (χ3n) is 4.58. The van der Waals surface area contributed by atoms with Gasteiger partial charge in [0.25, 0.3) is 5.91 Å². The highest BCUT2D eigenvalue weighted by Gasteiger charge is 2.42. The van der Waals surface area contributed by atoms with Crippen molar-refractivity contribution >= 4 is 17.2 Å². The molecule has 4 rings (SSSR count). The molecular weight excluding hydrogens is 312 g/mol. The lowest BCUT2D eigenvalue weighted by molar-refractivity contribution is -0.0507. The van der Waals surface area contributed by atoms with Crippen LogP contribution in [-0.4, -0.2) is 64.1 Å². The highest BCUT2D eigenvalue weighted by Crippen LogP contribution is 2.26. The Morgan fingerprint density at radius 3 is 3.17 bits per heavy atom. The molecule has 2 aliphatic rings. The lowest BCUT2D eigenvalue weighted by Crippen LogP contribution is -2.50. The lowest BCUT2D eigenvalue weighted by Gasteiger charge is -2.36. The Kier molecular flexibility index (Phi) is 3.92. The fraction of sp³-hybridized carbons (Fsp3) is 0.500. The summed E-state index contributed by atoms with van der Waals surface area (Å²) in [5, 5.41) is 3.22. The molecule has 1 N–H and O–H groups in total. The monoisotopic (exact) mass is 332 g/mol. The summed E-state index contributed by atoms with van der Waals surface area (Å²) < 4.78 is 5.91.